The Morgan fingerprint density at radius 1 is 1.03 bits per heavy atom. The topological polar surface area (TPSA) is 150 Å². The summed E-state index contributed by atoms with van der Waals surface area (Å²) in [6.07, 6.45) is 0. The number of amides is 3. The molecule has 0 saturated carbocycles. The number of rotatable bonds is 11. The van der Waals surface area contributed by atoms with Crippen molar-refractivity contribution in [3.05, 3.63) is 70.2 Å². The molecule has 37 heavy (non-hydrogen) atoms. The van der Waals surface area contributed by atoms with Crippen LogP contribution in [0.2, 0.25) is 0 Å². The Kier molecular flexibility index (Phi) is 9.20. The molecule has 5 N–H and O–H groups in total. The number of nitrogens with one attached hydrogen (secondary N) is 1. The number of benzene rings is 2. The van der Waals surface area contributed by atoms with Gasteiger partial charge in [-0.1, -0.05) is 38.1 Å². The quantitative estimate of drug-likeness (QED) is 0.326. The van der Waals surface area contributed by atoms with Gasteiger partial charge in [-0.3, -0.25) is 19.3 Å². The molecule has 0 saturated heterocycles. The second-order valence-corrected chi connectivity index (χ2v) is 9.29. The number of carbonyl (C=O) groups excluding carboxylic acids is 3. The normalized spacial score (nSPS) is 11.7. The number of hydrogen-bond acceptors (Lipinski definition) is 8. The monoisotopic (exact) mass is 525 g/mol. The van der Waals surface area contributed by atoms with E-state index in [9.17, 15) is 14.4 Å². The summed E-state index contributed by atoms with van der Waals surface area (Å²) in [6.45, 7) is 4.65. The van der Waals surface area contributed by atoms with Crippen molar-refractivity contribution < 1.29 is 23.9 Å². The molecular weight excluding hydrogens is 494 g/mol. The molecule has 2 aromatic carbocycles. The van der Waals surface area contributed by atoms with Gasteiger partial charge >= 0.3 is 0 Å². The average molecular weight is 526 g/mol. The van der Waals surface area contributed by atoms with Crippen molar-refractivity contribution in [3.63, 3.8) is 0 Å². The first-order chi connectivity index (χ1) is 17.7. The van der Waals surface area contributed by atoms with Crippen LogP contribution >= 0.6 is 11.5 Å². The third kappa shape index (κ3) is 6.25. The second kappa shape index (κ2) is 12.3. The van der Waals surface area contributed by atoms with Crippen molar-refractivity contribution in [2.45, 2.75) is 25.8 Å². The zero-order chi connectivity index (χ0) is 27.1. The number of aromatic nitrogens is 1. The van der Waals surface area contributed by atoms with Crippen molar-refractivity contribution in [1.29, 1.82) is 0 Å². The van der Waals surface area contributed by atoms with Crippen LogP contribution in [0.1, 0.15) is 57.1 Å². The predicted octanol–water partition coefficient (Wildman–Crippen LogP) is 3.11. The van der Waals surface area contributed by atoms with Crippen LogP contribution in [0, 0.1) is 0 Å². The summed E-state index contributed by atoms with van der Waals surface area (Å²) in [4.78, 5) is 40.7. The minimum atomic E-state index is -1.08. The number of ether oxygens (including phenoxy) is 2. The van der Waals surface area contributed by atoms with Gasteiger partial charge < -0.3 is 26.3 Å². The van der Waals surface area contributed by atoms with Crippen LogP contribution in [0.15, 0.2) is 48.5 Å². The van der Waals surface area contributed by atoms with Gasteiger partial charge in [0.15, 0.2) is 5.69 Å². The molecule has 11 heteroatoms. The second-order valence-electron chi connectivity index (χ2n) is 8.52. The Morgan fingerprint density at radius 2 is 1.65 bits per heavy atom. The molecule has 1 aromatic heterocycles. The Labute approximate surface area is 219 Å². The van der Waals surface area contributed by atoms with Crippen LogP contribution in [0.5, 0.6) is 5.75 Å². The molecule has 3 rings (SSSR count). The Balaban J connectivity index is 2.18. The average Bonchev–Trinajstić information content (AvgIpc) is 3.28. The van der Waals surface area contributed by atoms with Gasteiger partial charge in [0.2, 0.25) is 5.91 Å². The summed E-state index contributed by atoms with van der Waals surface area (Å²) < 4.78 is 14.3. The zero-order valence-electron chi connectivity index (χ0n) is 21.2. The van der Waals surface area contributed by atoms with Gasteiger partial charge in [-0.15, -0.1) is 0 Å². The third-order valence-electron chi connectivity index (χ3n) is 5.76. The summed E-state index contributed by atoms with van der Waals surface area (Å²) in [6, 6.07) is 13.1. The van der Waals surface area contributed by atoms with E-state index >= 15 is 0 Å². The van der Waals surface area contributed by atoms with E-state index in [1.165, 1.54) is 12.0 Å². The lowest BCUT2D eigenvalue weighted by molar-refractivity contribution is -0.122. The molecule has 196 valence electrons. The van der Waals surface area contributed by atoms with Crippen molar-refractivity contribution in [3.8, 4) is 5.75 Å². The van der Waals surface area contributed by atoms with Crippen LogP contribution in [0.4, 0.5) is 11.4 Å². The van der Waals surface area contributed by atoms with E-state index in [4.69, 9.17) is 20.9 Å². The third-order valence-corrected chi connectivity index (χ3v) is 6.61. The fourth-order valence-electron chi connectivity index (χ4n) is 3.72. The Bertz CT molecular complexity index is 1240. The van der Waals surface area contributed by atoms with Gasteiger partial charge in [0.05, 0.1) is 19.4 Å². The van der Waals surface area contributed by atoms with Gasteiger partial charge in [0.1, 0.15) is 16.7 Å². The SMILES string of the molecule is COCCNC(=O)C(c1ccc(OC)cc1)N(C(=O)c1snc(C(N)=O)c1N)c1ccc(C(C)C)cc1. The predicted molar refractivity (Wildman–Crippen MR) is 143 cm³/mol. The van der Waals surface area contributed by atoms with E-state index in [2.05, 4.69) is 23.5 Å². The molecular formula is C26H31N5O5S. The van der Waals surface area contributed by atoms with Crippen molar-refractivity contribution >= 4 is 40.6 Å². The van der Waals surface area contributed by atoms with Crippen molar-refractivity contribution in [2.24, 2.45) is 5.73 Å². The molecule has 1 unspecified atom stereocenters. The van der Waals surface area contributed by atoms with Gasteiger partial charge in [0.25, 0.3) is 11.8 Å². The molecule has 1 heterocycles. The van der Waals surface area contributed by atoms with Gasteiger partial charge in [-0.2, -0.15) is 4.37 Å². The minimum absolute atomic E-state index is 0.00457. The highest BCUT2D eigenvalue weighted by molar-refractivity contribution is 7.09. The molecule has 10 nitrogen and oxygen atoms in total. The number of nitrogens with two attached hydrogens (primary N) is 2. The van der Waals surface area contributed by atoms with Crippen LogP contribution < -0.4 is 26.4 Å². The summed E-state index contributed by atoms with van der Waals surface area (Å²) in [5, 5.41) is 2.83. The van der Waals surface area contributed by atoms with E-state index in [1.54, 1.807) is 43.5 Å². The highest BCUT2D eigenvalue weighted by atomic mass is 32.1. The number of nitrogens with zero attached hydrogens (tertiary/aromatic N) is 2. The van der Waals surface area contributed by atoms with Crippen molar-refractivity contribution in [2.75, 3.05) is 38.0 Å². The number of hydrogen-bond donors (Lipinski definition) is 3. The van der Waals surface area contributed by atoms with Crippen LogP contribution in [-0.2, 0) is 9.53 Å². The van der Waals surface area contributed by atoms with E-state index < -0.39 is 23.8 Å². The first kappa shape index (κ1) is 27.6. The fourth-order valence-corrected chi connectivity index (χ4v) is 4.46. The number of primary amides is 1. The lowest BCUT2D eigenvalue weighted by Gasteiger charge is -2.31. The van der Waals surface area contributed by atoms with Crippen LogP contribution in [0.25, 0.3) is 0 Å². The number of nitrogen functional groups attached to an aromatic ring is 1. The standard InChI is InChI=1S/C26H31N5O5S/c1-15(2)16-5-9-18(10-6-16)31(26(34)23-20(27)21(24(28)32)30-37-23)22(25(33)29-13-14-35-3)17-7-11-19(36-4)12-8-17/h5-12,15,22H,13-14,27H2,1-4H3,(H2,28,32)(H,29,33). The fraction of sp³-hybridized carbons (Fsp3) is 0.308. The first-order valence-electron chi connectivity index (χ1n) is 11.6. The molecule has 0 fully saturated rings. The minimum Gasteiger partial charge on any atom is -0.497 e. The van der Waals surface area contributed by atoms with Gasteiger partial charge in [-0.05, 0) is 52.8 Å². The van der Waals surface area contributed by atoms with E-state index in [-0.39, 0.29) is 28.7 Å². The molecule has 0 aliphatic carbocycles. The van der Waals surface area contributed by atoms with Crippen LogP contribution in [0.3, 0.4) is 0 Å². The maximum Gasteiger partial charge on any atom is 0.273 e. The van der Waals surface area contributed by atoms with Gasteiger partial charge in [0, 0.05) is 19.3 Å². The summed E-state index contributed by atoms with van der Waals surface area (Å²) in [7, 11) is 3.07. The maximum absolute atomic E-state index is 14.0. The molecule has 3 amide bonds. The molecule has 0 aliphatic rings. The van der Waals surface area contributed by atoms with Gasteiger partial charge in [-0.25, -0.2) is 0 Å². The Morgan fingerprint density at radius 3 is 2.16 bits per heavy atom. The van der Waals surface area contributed by atoms with Crippen molar-refractivity contribution in [1.82, 2.24) is 9.69 Å². The maximum atomic E-state index is 14.0. The zero-order valence-corrected chi connectivity index (χ0v) is 22.0. The smallest absolute Gasteiger partial charge is 0.273 e. The summed E-state index contributed by atoms with van der Waals surface area (Å²) >= 11 is 0.757. The van der Waals surface area contributed by atoms with Crippen LogP contribution in [-0.4, -0.2) is 49.5 Å². The highest BCUT2D eigenvalue weighted by Gasteiger charge is 2.36. The summed E-state index contributed by atoms with van der Waals surface area (Å²) in [5.41, 5.74) is 13.2. The van der Waals surface area contributed by atoms with E-state index in [0.29, 0.717) is 23.6 Å². The Hall–Kier alpha value is -3.96. The first-order valence-corrected chi connectivity index (χ1v) is 12.4. The molecule has 3 aromatic rings. The largest absolute Gasteiger partial charge is 0.497 e. The lowest BCUT2D eigenvalue weighted by atomic mass is 10.00. The molecule has 0 spiro atoms. The molecule has 0 radical (unpaired) electrons. The van der Waals surface area contributed by atoms with E-state index in [1.807, 2.05) is 12.1 Å². The number of anilines is 2. The number of carbonyl (C=O) groups is 3. The lowest BCUT2D eigenvalue weighted by Crippen LogP contribution is -2.44. The highest BCUT2D eigenvalue weighted by Crippen LogP contribution is 2.34. The molecule has 0 aliphatic heterocycles. The molecule has 0 bridgehead atoms. The molecule has 1 atom stereocenters. The number of methoxy groups -OCH3 is 2. The summed E-state index contributed by atoms with van der Waals surface area (Å²) in [5.74, 6) is -1.00. The van der Waals surface area contributed by atoms with E-state index in [0.717, 1.165) is 17.1 Å².